The van der Waals surface area contributed by atoms with Crippen LogP contribution in [0.1, 0.15) is 31.4 Å². The Morgan fingerprint density at radius 1 is 1.04 bits per heavy atom. The van der Waals surface area contributed by atoms with Crippen molar-refractivity contribution in [3.8, 4) is 11.5 Å². The van der Waals surface area contributed by atoms with Crippen LogP contribution < -0.4 is 20.1 Å². The summed E-state index contributed by atoms with van der Waals surface area (Å²) in [5.74, 6) is 1.35. The molecule has 3 rings (SSSR count). The minimum Gasteiger partial charge on any atom is -0.454 e. The van der Waals surface area contributed by atoms with Crippen molar-refractivity contribution in [2.75, 3.05) is 24.0 Å². The Balaban J connectivity index is 1.55. The normalized spacial score (nSPS) is 12.1. The zero-order valence-corrected chi connectivity index (χ0v) is 14.7. The highest BCUT2D eigenvalue weighted by atomic mass is 16.7. The first-order valence-electron chi connectivity index (χ1n) is 8.75. The monoisotopic (exact) mass is 340 g/mol. The van der Waals surface area contributed by atoms with E-state index >= 15 is 0 Å². The van der Waals surface area contributed by atoms with Gasteiger partial charge in [0.1, 0.15) is 0 Å². The SMILES string of the molecule is CCc1cccc(CC)c1NCCC(=O)Nc1ccc2c(c1)OCO2. The largest absolute Gasteiger partial charge is 0.454 e. The van der Waals surface area contributed by atoms with Crippen molar-refractivity contribution in [1.82, 2.24) is 0 Å². The minimum atomic E-state index is -0.0293. The second-order valence-corrected chi connectivity index (χ2v) is 5.95. The zero-order chi connectivity index (χ0) is 17.6. The lowest BCUT2D eigenvalue weighted by atomic mass is 10.0. The molecule has 0 unspecified atom stereocenters. The van der Waals surface area contributed by atoms with E-state index in [4.69, 9.17) is 9.47 Å². The van der Waals surface area contributed by atoms with E-state index in [1.807, 2.05) is 6.07 Å². The fourth-order valence-electron chi connectivity index (χ4n) is 2.97. The fraction of sp³-hybridized carbons (Fsp3) is 0.350. The maximum Gasteiger partial charge on any atom is 0.231 e. The first kappa shape index (κ1) is 17.1. The second kappa shape index (κ2) is 7.92. The van der Waals surface area contributed by atoms with Crippen LogP contribution in [0.3, 0.4) is 0 Å². The van der Waals surface area contributed by atoms with Gasteiger partial charge in [0.25, 0.3) is 0 Å². The van der Waals surface area contributed by atoms with Crippen LogP contribution in [-0.2, 0) is 17.6 Å². The van der Waals surface area contributed by atoms with Gasteiger partial charge < -0.3 is 20.1 Å². The number of anilines is 2. The standard InChI is InChI=1S/C20H24N2O3/c1-3-14-6-5-7-15(4-2)20(14)21-11-10-19(23)22-16-8-9-17-18(12-16)25-13-24-17/h5-9,12,21H,3-4,10-11,13H2,1-2H3,(H,22,23). The number of benzene rings is 2. The number of carbonyl (C=O) groups excluding carboxylic acids is 1. The van der Waals surface area contributed by atoms with E-state index in [-0.39, 0.29) is 12.7 Å². The third kappa shape index (κ3) is 4.05. The van der Waals surface area contributed by atoms with Crippen LogP contribution in [0.5, 0.6) is 11.5 Å². The van der Waals surface area contributed by atoms with E-state index in [9.17, 15) is 4.79 Å². The molecular formula is C20H24N2O3. The van der Waals surface area contributed by atoms with Gasteiger partial charge in [0.15, 0.2) is 11.5 Å². The van der Waals surface area contributed by atoms with Gasteiger partial charge in [-0.2, -0.15) is 0 Å². The van der Waals surface area contributed by atoms with Crippen LogP contribution in [0.25, 0.3) is 0 Å². The van der Waals surface area contributed by atoms with Crippen molar-refractivity contribution in [1.29, 1.82) is 0 Å². The number of fused-ring (bicyclic) bond motifs is 1. The first-order valence-corrected chi connectivity index (χ1v) is 8.75. The lowest BCUT2D eigenvalue weighted by Gasteiger charge is -2.15. The van der Waals surface area contributed by atoms with Gasteiger partial charge in [0, 0.05) is 30.4 Å². The number of para-hydroxylation sites is 1. The molecule has 0 bridgehead atoms. The number of rotatable bonds is 7. The first-order chi connectivity index (χ1) is 12.2. The molecule has 0 aromatic heterocycles. The van der Waals surface area contributed by atoms with E-state index < -0.39 is 0 Å². The molecule has 2 aromatic rings. The molecule has 0 fully saturated rings. The van der Waals surface area contributed by atoms with Crippen molar-refractivity contribution in [3.63, 3.8) is 0 Å². The summed E-state index contributed by atoms with van der Waals surface area (Å²) in [5, 5.41) is 6.34. The van der Waals surface area contributed by atoms with Crippen LogP contribution in [0.15, 0.2) is 36.4 Å². The van der Waals surface area contributed by atoms with Gasteiger partial charge in [-0.05, 0) is 36.1 Å². The van der Waals surface area contributed by atoms with Crippen LogP contribution in [0.4, 0.5) is 11.4 Å². The Kier molecular flexibility index (Phi) is 5.43. The Bertz CT molecular complexity index is 736. The molecule has 1 aliphatic rings. The lowest BCUT2D eigenvalue weighted by Crippen LogP contribution is -2.17. The molecule has 0 radical (unpaired) electrons. The summed E-state index contributed by atoms with van der Waals surface area (Å²) in [4.78, 5) is 12.2. The highest BCUT2D eigenvalue weighted by Crippen LogP contribution is 2.34. The lowest BCUT2D eigenvalue weighted by molar-refractivity contribution is -0.115. The maximum atomic E-state index is 12.2. The van der Waals surface area contributed by atoms with Crippen LogP contribution >= 0.6 is 0 Å². The number of nitrogens with one attached hydrogen (secondary N) is 2. The highest BCUT2D eigenvalue weighted by molar-refractivity contribution is 5.91. The molecule has 0 atom stereocenters. The van der Waals surface area contributed by atoms with Crippen molar-refractivity contribution < 1.29 is 14.3 Å². The number of carbonyl (C=O) groups is 1. The Hall–Kier alpha value is -2.69. The van der Waals surface area contributed by atoms with Gasteiger partial charge in [-0.3, -0.25) is 4.79 Å². The molecule has 0 saturated carbocycles. The Morgan fingerprint density at radius 2 is 1.76 bits per heavy atom. The molecule has 132 valence electrons. The quantitative estimate of drug-likeness (QED) is 0.800. The summed E-state index contributed by atoms with van der Waals surface area (Å²) < 4.78 is 10.6. The van der Waals surface area contributed by atoms with E-state index in [0.29, 0.717) is 24.5 Å². The number of ether oxygens (including phenoxy) is 2. The molecule has 2 aromatic carbocycles. The topological polar surface area (TPSA) is 59.6 Å². The summed E-state index contributed by atoms with van der Waals surface area (Å²) in [5.41, 5.74) is 4.46. The highest BCUT2D eigenvalue weighted by Gasteiger charge is 2.14. The fourth-order valence-corrected chi connectivity index (χ4v) is 2.97. The molecule has 0 saturated heterocycles. The molecular weight excluding hydrogens is 316 g/mol. The molecule has 5 nitrogen and oxygen atoms in total. The maximum absolute atomic E-state index is 12.2. The van der Waals surface area contributed by atoms with Crippen molar-refractivity contribution in [3.05, 3.63) is 47.5 Å². The third-order valence-corrected chi connectivity index (χ3v) is 4.31. The molecule has 0 aliphatic carbocycles. The summed E-state index contributed by atoms with van der Waals surface area (Å²) in [7, 11) is 0. The van der Waals surface area contributed by atoms with Gasteiger partial charge in [0.05, 0.1) is 0 Å². The number of aryl methyl sites for hydroxylation is 2. The van der Waals surface area contributed by atoms with Crippen molar-refractivity contribution in [2.45, 2.75) is 33.1 Å². The van der Waals surface area contributed by atoms with Crippen molar-refractivity contribution in [2.24, 2.45) is 0 Å². The van der Waals surface area contributed by atoms with Crippen LogP contribution in [0.2, 0.25) is 0 Å². The number of hydrogen-bond donors (Lipinski definition) is 2. The number of hydrogen-bond acceptors (Lipinski definition) is 4. The van der Waals surface area contributed by atoms with Gasteiger partial charge in [0.2, 0.25) is 12.7 Å². The number of amides is 1. The van der Waals surface area contributed by atoms with Gasteiger partial charge in [-0.15, -0.1) is 0 Å². The molecule has 25 heavy (non-hydrogen) atoms. The Labute approximate surface area is 148 Å². The van der Waals surface area contributed by atoms with Crippen molar-refractivity contribution >= 4 is 17.3 Å². The summed E-state index contributed by atoms with van der Waals surface area (Å²) in [6, 6.07) is 11.8. The van der Waals surface area contributed by atoms with Crippen LogP contribution in [-0.4, -0.2) is 19.2 Å². The smallest absolute Gasteiger partial charge is 0.231 e. The minimum absolute atomic E-state index is 0.0293. The average molecular weight is 340 g/mol. The van der Waals surface area contributed by atoms with Gasteiger partial charge in [-0.25, -0.2) is 0 Å². The summed E-state index contributed by atoms with van der Waals surface area (Å²) in [6.45, 7) is 5.12. The predicted molar refractivity (Wildman–Crippen MR) is 99.5 cm³/mol. The third-order valence-electron chi connectivity index (χ3n) is 4.31. The van der Waals surface area contributed by atoms with Gasteiger partial charge in [-0.1, -0.05) is 32.0 Å². The molecule has 1 amide bonds. The molecule has 1 aliphatic heterocycles. The Morgan fingerprint density at radius 3 is 2.48 bits per heavy atom. The molecule has 1 heterocycles. The van der Waals surface area contributed by atoms with Gasteiger partial charge >= 0.3 is 0 Å². The summed E-state index contributed by atoms with van der Waals surface area (Å²) >= 11 is 0. The average Bonchev–Trinajstić information content (AvgIpc) is 3.09. The van der Waals surface area contributed by atoms with Crippen LogP contribution in [0, 0.1) is 0 Å². The van der Waals surface area contributed by atoms with E-state index in [2.05, 4.69) is 42.7 Å². The summed E-state index contributed by atoms with van der Waals surface area (Å²) in [6.07, 6.45) is 2.34. The van der Waals surface area contributed by atoms with E-state index in [1.165, 1.54) is 16.8 Å². The zero-order valence-electron chi connectivity index (χ0n) is 14.7. The van der Waals surface area contributed by atoms with E-state index in [0.717, 1.165) is 18.5 Å². The predicted octanol–water partition coefficient (Wildman–Crippen LogP) is 3.98. The molecule has 2 N–H and O–H groups in total. The molecule has 5 heteroatoms. The second-order valence-electron chi connectivity index (χ2n) is 5.95. The molecule has 0 spiro atoms. The van der Waals surface area contributed by atoms with E-state index in [1.54, 1.807) is 12.1 Å².